The highest BCUT2D eigenvalue weighted by Crippen LogP contribution is 2.28. The van der Waals surface area contributed by atoms with Crippen molar-refractivity contribution in [3.8, 4) is 5.82 Å². The first-order chi connectivity index (χ1) is 8.00. The lowest BCUT2D eigenvalue weighted by Crippen LogP contribution is -2.04. The molecule has 4 nitrogen and oxygen atoms in total. The molecule has 0 radical (unpaired) electrons. The zero-order valence-electron chi connectivity index (χ0n) is 8.32. The molecule has 2 rings (SSSR count). The van der Waals surface area contributed by atoms with E-state index in [0.717, 1.165) is 17.1 Å². The maximum Gasteiger partial charge on any atom is 0.419 e. The number of nitrogens with zero attached hydrogens (tertiary/aromatic N) is 4. The first-order valence-electron chi connectivity index (χ1n) is 4.50. The third kappa shape index (κ3) is 2.55. The van der Waals surface area contributed by atoms with Crippen LogP contribution in [0.25, 0.3) is 5.82 Å². The van der Waals surface area contributed by atoms with Crippen LogP contribution in [0.15, 0.2) is 24.8 Å². The molecule has 0 aliphatic carbocycles. The second-order valence-corrected chi connectivity index (χ2v) is 3.44. The molecule has 2 heterocycles. The zero-order chi connectivity index (χ0) is 12.5. The van der Waals surface area contributed by atoms with Crippen LogP contribution in [0.5, 0.6) is 0 Å². The van der Waals surface area contributed by atoms with Crippen LogP contribution < -0.4 is 0 Å². The van der Waals surface area contributed by atoms with Crippen molar-refractivity contribution >= 4 is 11.6 Å². The van der Waals surface area contributed by atoms with Gasteiger partial charge in [-0.2, -0.15) is 18.3 Å². The number of alkyl halides is 4. The average Bonchev–Trinajstić information content (AvgIpc) is 2.78. The summed E-state index contributed by atoms with van der Waals surface area (Å²) < 4.78 is 38.1. The minimum absolute atomic E-state index is 0.133. The number of hydrogen-bond acceptors (Lipinski definition) is 3. The Hall–Kier alpha value is -1.63. The fourth-order valence-corrected chi connectivity index (χ4v) is 1.29. The number of hydrogen-bond donors (Lipinski definition) is 0. The highest BCUT2D eigenvalue weighted by atomic mass is 35.5. The van der Waals surface area contributed by atoms with E-state index < -0.39 is 11.7 Å². The van der Waals surface area contributed by atoms with Crippen LogP contribution in [0.1, 0.15) is 11.3 Å². The molecule has 8 heteroatoms. The average molecular weight is 263 g/mol. The van der Waals surface area contributed by atoms with E-state index in [1.54, 1.807) is 0 Å². The number of aromatic nitrogens is 4. The van der Waals surface area contributed by atoms with Gasteiger partial charge in [-0.25, -0.2) is 9.67 Å². The summed E-state index contributed by atoms with van der Waals surface area (Å²) in [5.41, 5.74) is -0.371. The molecule has 2 aromatic heterocycles. The van der Waals surface area contributed by atoms with Gasteiger partial charge in [0.25, 0.3) is 0 Å². The molecule has 0 spiro atoms. The van der Waals surface area contributed by atoms with Gasteiger partial charge in [0.15, 0.2) is 5.82 Å². The molecular weight excluding hydrogens is 257 g/mol. The Labute approximate surface area is 99.1 Å². The van der Waals surface area contributed by atoms with Crippen LogP contribution >= 0.6 is 11.6 Å². The Morgan fingerprint density at radius 3 is 2.59 bits per heavy atom. The smallest absolute Gasteiger partial charge is 0.259 e. The SMILES string of the molecule is FC(F)(F)c1cnn(-c2cncc(CCl)n2)c1. The van der Waals surface area contributed by atoms with Gasteiger partial charge in [-0.05, 0) is 0 Å². The van der Waals surface area contributed by atoms with Crippen molar-refractivity contribution in [1.82, 2.24) is 19.7 Å². The quantitative estimate of drug-likeness (QED) is 0.781. The minimum Gasteiger partial charge on any atom is -0.259 e. The van der Waals surface area contributed by atoms with E-state index in [1.807, 2.05) is 0 Å². The zero-order valence-corrected chi connectivity index (χ0v) is 9.07. The molecule has 0 N–H and O–H groups in total. The Morgan fingerprint density at radius 1 is 1.24 bits per heavy atom. The van der Waals surface area contributed by atoms with Crippen LogP contribution in [0.3, 0.4) is 0 Å². The molecule has 2 aromatic rings. The lowest BCUT2D eigenvalue weighted by Gasteiger charge is -2.02. The third-order valence-corrected chi connectivity index (χ3v) is 2.23. The van der Waals surface area contributed by atoms with Gasteiger partial charge in [-0.3, -0.25) is 4.98 Å². The van der Waals surface area contributed by atoms with Crippen LogP contribution in [0, 0.1) is 0 Å². The number of halogens is 4. The summed E-state index contributed by atoms with van der Waals surface area (Å²) in [6, 6.07) is 0. The van der Waals surface area contributed by atoms with E-state index in [0.29, 0.717) is 5.69 Å². The van der Waals surface area contributed by atoms with E-state index in [9.17, 15) is 13.2 Å². The van der Waals surface area contributed by atoms with Crippen LogP contribution in [0.2, 0.25) is 0 Å². The van der Waals surface area contributed by atoms with Crippen molar-refractivity contribution in [3.63, 3.8) is 0 Å². The van der Waals surface area contributed by atoms with Gasteiger partial charge >= 0.3 is 6.18 Å². The van der Waals surface area contributed by atoms with Crippen LogP contribution in [0.4, 0.5) is 13.2 Å². The molecule has 0 saturated carbocycles. The number of rotatable bonds is 2. The molecule has 90 valence electrons. The van der Waals surface area contributed by atoms with Gasteiger partial charge in [-0.1, -0.05) is 0 Å². The Bertz CT molecular complexity index is 523. The lowest BCUT2D eigenvalue weighted by atomic mass is 10.4. The maximum atomic E-state index is 12.4. The van der Waals surface area contributed by atoms with Crippen LogP contribution in [-0.4, -0.2) is 19.7 Å². The molecule has 0 aliphatic heterocycles. The monoisotopic (exact) mass is 262 g/mol. The Balaban J connectivity index is 2.37. The van der Waals surface area contributed by atoms with E-state index in [1.165, 1.54) is 12.4 Å². The summed E-state index contributed by atoms with van der Waals surface area (Å²) in [5.74, 6) is 0.326. The Morgan fingerprint density at radius 2 is 2.00 bits per heavy atom. The third-order valence-electron chi connectivity index (χ3n) is 1.95. The fraction of sp³-hybridized carbons (Fsp3) is 0.222. The molecule has 17 heavy (non-hydrogen) atoms. The van der Waals surface area contributed by atoms with Crippen molar-refractivity contribution in [3.05, 3.63) is 36.0 Å². The molecule has 0 fully saturated rings. The normalized spacial score (nSPS) is 11.8. The van der Waals surface area contributed by atoms with E-state index in [-0.39, 0.29) is 11.7 Å². The topological polar surface area (TPSA) is 43.6 Å². The summed E-state index contributed by atoms with van der Waals surface area (Å²) in [6.45, 7) is 0. The maximum absolute atomic E-state index is 12.4. The predicted octanol–water partition coefficient (Wildman–Crippen LogP) is 2.42. The van der Waals surface area contributed by atoms with E-state index >= 15 is 0 Å². The molecule has 0 amide bonds. The van der Waals surface area contributed by atoms with Gasteiger partial charge < -0.3 is 0 Å². The molecule has 0 aromatic carbocycles. The van der Waals surface area contributed by atoms with Gasteiger partial charge in [-0.15, -0.1) is 11.6 Å². The highest BCUT2D eigenvalue weighted by molar-refractivity contribution is 6.16. The second kappa shape index (κ2) is 4.33. The molecule has 0 aliphatic rings. The van der Waals surface area contributed by atoms with Crippen molar-refractivity contribution < 1.29 is 13.2 Å². The first kappa shape index (κ1) is 11.8. The summed E-state index contributed by atoms with van der Waals surface area (Å²) in [5, 5.41) is 3.58. The largest absolute Gasteiger partial charge is 0.419 e. The van der Waals surface area contributed by atoms with Gasteiger partial charge in [0.2, 0.25) is 0 Å². The van der Waals surface area contributed by atoms with Crippen molar-refractivity contribution in [1.29, 1.82) is 0 Å². The highest BCUT2D eigenvalue weighted by Gasteiger charge is 2.32. The van der Waals surface area contributed by atoms with E-state index in [2.05, 4.69) is 15.1 Å². The molecule has 0 bridgehead atoms. The van der Waals surface area contributed by atoms with Crippen molar-refractivity contribution in [2.75, 3.05) is 0 Å². The summed E-state index contributed by atoms with van der Waals surface area (Å²) in [7, 11) is 0. The van der Waals surface area contributed by atoms with Crippen molar-refractivity contribution in [2.24, 2.45) is 0 Å². The summed E-state index contributed by atoms with van der Waals surface area (Å²) >= 11 is 5.55. The van der Waals surface area contributed by atoms with E-state index in [4.69, 9.17) is 11.6 Å². The molecular formula is C9H6ClF3N4. The lowest BCUT2D eigenvalue weighted by molar-refractivity contribution is -0.137. The minimum atomic E-state index is -4.42. The van der Waals surface area contributed by atoms with Gasteiger partial charge in [0, 0.05) is 12.4 Å². The van der Waals surface area contributed by atoms with Gasteiger partial charge in [0.1, 0.15) is 0 Å². The predicted molar refractivity (Wildman–Crippen MR) is 53.7 cm³/mol. The first-order valence-corrected chi connectivity index (χ1v) is 5.03. The summed E-state index contributed by atoms with van der Waals surface area (Å²) in [6.07, 6.45) is -0.0965. The summed E-state index contributed by atoms with van der Waals surface area (Å²) in [4.78, 5) is 7.81. The van der Waals surface area contributed by atoms with Crippen LogP contribution in [-0.2, 0) is 12.1 Å². The van der Waals surface area contributed by atoms with Gasteiger partial charge in [0.05, 0.1) is 29.5 Å². The molecule has 0 unspecified atom stereocenters. The standard InChI is InChI=1S/C9H6ClF3N4/c10-1-7-3-14-4-8(16-7)17-5-6(2-15-17)9(11,12)13/h2-5H,1H2. The molecule has 0 saturated heterocycles. The van der Waals surface area contributed by atoms with Crippen molar-refractivity contribution in [2.45, 2.75) is 12.1 Å². The Kier molecular flexibility index (Phi) is 3.01. The fourth-order valence-electron chi connectivity index (χ4n) is 1.16. The molecule has 0 atom stereocenters. The second-order valence-electron chi connectivity index (χ2n) is 3.17.